The zero-order valence-electron chi connectivity index (χ0n) is 14.3. The fourth-order valence-electron chi connectivity index (χ4n) is 4.07. The van der Waals surface area contributed by atoms with Crippen molar-refractivity contribution in [1.82, 2.24) is 19.9 Å². The predicted octanol–water partition coefficient (Wildman–Crippen LogP) is 3.55. The van der Waals surface area contributed by atoms with E-state index < -0.39 is 0 Å². The smallest absolute Gasteiger partial charge is 0.276 e. The summed E-state index contributed by atoms with van der Waals surface area (Å²) in [7, 11) is 0. The van der Waals surface area contributed by atoms with Gasteiger partial charge in [-0.2, -0.15) is 0 Å². The Balaban J connectivity index is 1.43. The normalized spacial score (nSPS) is 21.6. The van der Waals surface area contributed by atoms with Gasteiger partial charge in [-0.25, -0.2) is 9.07 Å². The highest BCUT2D eigenvalue weighted by Gasteiger charge is 2.31. The lowest BCUT2D eigenvalue weighted by molar-refractivity contribution is 0.0784. The fraction of sp³-hybridized carbons (Fsp3) is 0.526. The molecule has 25 heavy (non-hydrogen) atoms. The maximum absolute atomic E-state index is 14.0. The third-order valence-electron chi connectivity index (χ3n) is 5.50. The number of carbonyl (C=O) groups is 1. The van der Waals surface area contributed by atoms with E-state index in [-0.39, 0.29) is 17.6 Å². The molecule has 1 amide bonds. The molecule has 4 rings (SSSR count). The van der Waals surface area contributed by atoms with E-state index in [0.717, 1.165) is 19.3 Å². The Labute approximate surface area is 146 Å². The number of likely N-dealkylation sites (tertiary alicyclic amines) is 1. The standard InChI is InChI=1S/C19H23FN4O/c20-17-9-5-4-8-16(17)14-10-11-23(12-14)19(25)18-13-24(22-21-18)15-6-2-1-3-7-15/h4-5,8-9,13-15H,1-3,6-7,10-12H2. The van der Waals surface area contributed by atoms with E-state index in [1.165, 1.54) is 25.3 Å². The van der Waals surface area contributed by atoms with Crippen LogP contribution in [0.5, 0.6) is 0 Å². The van der Waals surface area contributed by atoms with Crippen molar-refractivity contribution in [3.8, 4) is 0 Å². The van der Waals surface area contributed by atoms with E-state index in [4.69, 9.17) is 0 Å². The number of benzene rings is 1. The van der Waals surface area contributed by atoms with E-state index >= 15 is 0 Å². The average Bonchev–Trinajstić information content (AvgIpc) is 3.32. The molecule has 5 nitrogen and oxygen atoms in total. The molecule has 0 spiro atoms. The predicted molar refractivity (Wildman–Crippen MR) is 91.8 cm³/mol. The Hall–Kier alpha value is -2.24. The lowest BCUT2D eigenvalue weighted by atomic mass is 9.96. The second kappa shape index (κ2) is 6.94. The Morgan fingerprint density at radius 1 is 1.12 bits per heavy atom. The number of nitrogens with zero attached hydrogens (tertiary/aromatic N) is 4. The highest BCUT2D eigenvalue weighted by atomic mass is 19.1. The van der Waals surface area contributed by atoms with Gasteiger partial charge in [0.15, 0.2) is 5.69 Å². The molecule has 2 heterocycles. The van der Waals surface area contributed by atoms with Crippen LogP contribution in [0.15, 0.2) is 30.5 Å². The quantitative estimate of drug-likeness (QED) is 0.857. The molecular weight excluding hydrogens is 319 g/mol. The van der Waals surface area contributed by atoms with E-state index in [1.807, 2.05) is 16.8 Å². The maximum Gasteiger partial charge on any atom is 0.276 e. The van der Waals surface area contributed by atoms with Crippen molar-refractivity contribution in [2.45, 2.75) is 50.5 Å². The second-order valence-electron chi connectivity index (χ2n) is 7.13. The van der Waals surface area contributed by atoms with Crippen LogP contribution in [0.1, 0.15) is 66.5 Å². The lowest BCUT2D eigenvalue weighted by Crippen LogP contribution is -2.28. The molecule has 1 unspecified atom stereocenters. The SMILES string of the molecule is O=C(c1cn(C2CCCCC2)nn1)N1CCC(c2ccccc2F)C1. The maximum atomic E-state index is 14.0. The van der Waals surface area contributed by atoms with Crippen molar-refractivity contribution in [3.63, 3.8) is 0 Å². The van der Waals surface area contributed by atoms with E-state index in [2.05, 4.69) is 10.3 Å². The summed E-state index contributed by atoms with van der Waals surface area (Å²) < 4.78 is 15.8. The van der Waals surface area contributed by atoms with E-state index in [1.54, 1.807) is 17.2 Å². The van der Waals surface area contributed by atoms with Gasteiger partial charge in [0.1, 0.15) is 5.82 Å². The first-order chi connectivity index (χ1) is 12.2. The van der Waals surface area contributed by atoms with Crippen molar-refractivity contribution in [2.24, 2.45) is 0 Å². The summed E-state index contributed by atoms with van der Waals surface area (Å²) in [5.41, 5.74) is 1.10. The first kappa shape index (κ1) is 16.2. The first-order valence-corrected chi connectivity index (χ1v) is 9.18. The van der Waals surface area contributed by atoms with Crippen molar-refractivity contribution >= 4 is 5.91 Å². The number of aromatic nitrogens is 3. The molecule has 1 aliphatic carbocycles. The Morgan fingerprint density at radius 3 is 2.72 bits per heavy atom. The van der Waals surface area contributed by atoms with Gasteiger partial charge in [-0.1, -0.05) is 42.7 Å². The van der Waals surface area contributed by atoms with Gasteiger partial charge in [0.05, 0.1) is 12.2 Å². The van der Waals surface area contributed by atoms with Gasteiger partial charge in [0.25, 0.3) is 5.91 Å². The van der Waals surface area contributed by atoms with Crippen LogP contribution in [0.2, 0.25) is 0 Å². The Bertz CT molecular complexity index is 753. The molecule has 0 bridgehead atoms. The van der Waals surface area contributed by atoms with E-state index in [9.17, 15) is 9.18 Å². The van der Waals surface area contributed by atoms with Gasteiger partial charge < -0.3 is 4.90 Å². The van der Waals surface area contributed by atoms with Gasteiger partial charge in [-0.05, 0) is 30.9 Å². The summed E-state index contributed by atoms with van der Waals surface area (Å²) in [4.78, 5) is 14.5. The third-order valence-corrected chi connectivity index (χ3v) is 5.50. The molecule has 0 N–H and O–H groups in total. The van der Waals surface area contributed by atoms with E-state index in [0.29, 0.717) is 30.4 Å². The average molecular weight is 342 g/mol. The molecule has 6 heteroatoms. The molecule has 0 radical (unpaired) electrons. The van der Waals surface area contributed by atoms with Crippen LogP contribution in [0.3, 0.4) is 0 Å². The third kappa shape index (κ3) is 3.30. The molecule has 1 saturated carbocycles. The number of carbonyl (C=O) groups excluding carboxylic acids is 1. The van der Waals surface area contributed by atoms with Crippen LogP contribution < -0.4 is 0 Å². The molecule has 1 aliphatic heterocycles. The van der Waals surface area contributed by atoms with Gasteiger partial charge in [-0.3, -0.25) is 4.79 Å². The highest BCUT2D eigenvalue weighted by Crippen LogP contribution is 2.30. The zero-order valence-corrected chi connectivity index (χ0v) is 14.3. The van der Waals surface area contributed by atoms with Crippen molar-refractivity contribution in [2.75, 3.05) is 13.1 Å². The van der Waals surface area contributed by atoms with Crippen molar-refractivity contribution in [1.29, 1.82) is 0 Å². The molecule has 132 valence electrons. The Morgan fingerprint density at radius 2 is 1.92 bits per heavy atom. The summed E-state index contributed by atoms with van der Waals surface area (Å²) in [6, 6.07) is 7.20. The summed E-state index contributed by atoms with van der Waals surface area (Å²) in [6.45, 7) is 1.17. The number of amides is 1. The number of hydrogen-bond donors (Lipinski definition) is 0. The molecule has 1 saturated heterocycles. The zero-order chi connectivity index (χ0) is 17.2. The minimum atomic E-state index is -0.190. The largest absolute Gasteiger partial charge is 0.337 e. The molecule has 1 atom stereocenters. The molecular formula is C19H23FN4O. The van der Waals surface area contributed by atoms with Gasteiger partial charge >= 0.3 is 0 Å². The van der Waals surface area contributed by atoms with Crippen LogP contribution in [0.4, 0.5) is 4.39 Å². The number of rotatable bonds is 3. The first-order valence-electron chi connectivity index (χ1n) is 9.18. The molecule has 2 aromatic rings. The van der Waals surface area contributed by atoms with Crippen molar-refractivity contribution < 1.29 is 9.18 Å². The molecule has 1 aromatic heterocycles. The fourth-order valence-corrected chi connectivity index (χ4v) is 4.07. The van der Waals surface area contributed by atoms with Crippen LogP contribution >= 0.6 is 0 Å². The van der Waals surface area contributed by atoms with Crippen LogP contribution in [0.25, 0.3) is 0 Å². The van der Waals surface area contributed by atoms with Gasteiger partial charge in [0, 0.05) is 19.0 Å². The summed E-state index contributed by atoms with van der Waals surface area (Å²) >= 11 is 0. The lowest BCUT2D eigenvalue weighted by Gasteiger charge is -2.21. The van der Waals surface area contributed by atoms with Gasteiger partial charge in [0.2, 0.25) is 0 Å². The summed E-state index contributed by atoms with van der Waals surface area (Å²) in [5, 5.41) is 8.28. The second-order valence-corrected chi connectivity index (χ2v) is 7.13. The minimum Gasteiger partial charge on any atom is -0.337 e. The van der Waals surface area contributed by atoms with Crippen LogP contribution in [-0.4, -0.2) is 38.9 Å². The summed E-state index contributed by atoms with van der Waals surface area (Å²) in [5.74, 6) is -0.232. The number of hydrogen-bond acceptors (Lipinski definition) is 3. The van der Waals surface area contributed by atoms with Crippen LogP contribution in [0, 0.1) is 5.82 Å². The highest BCUT2D eigenvalue weighted by molar-refractivity contribution is 5.92. The summed E-state index contributed by atoms with van der Waals surface area (Å²) in [6.07, 6.45) is 8.49. The minimum absolute atomic E-state index is 0.0542. The van der Waals surface area contributed by atoms with Crippen LogP contribution in [-0.2, 0) is 0 Å². The van der Waals surface area contributed by atoms with Gasteiger partial charge in [-0.15, -0.1) is 5.10 Å². The molecule has 1 aromatic carbocycles. The van der Waals surface area contributed by atoms with Crippen molar-refractivity contribution in [3.05, 3.63) is 47.5 Å². The Kier molecular flexibility index (Phi) is 4.51. The number of halogens is 1. The molecule has 2 fully saturated rings. The molecule has 2 aliphatic rings. The monoisotopic (exact) mass is 342 g/mol. The topological polar surface area (TPSA) is 51.0 Å².